The van der Waals surface area contributed by atoms with Gasteiger partial charge in [-0.3, -0.25) is 9.59 Å². The fraction of sp³-hybridized carbons (Fsp3) is 0.429. The standard InChI is InChI=1S/C14H18O4/c1-11(15)8-14(16)18-12(2)9-17-10-13-6-4-3-5-7-13/h3-7,12H,8-10H2,1-2H3. The number of hydrogen-bond donors (Lipinski definition) is 0. The van der Waals surface area contributed by atoms with Gasteiger partial charge < -0.3 is 9.47 Å². The minimum Gasteiger partial charge on any atom is -0.460 e. The van der Waals surface area contributed by atoms with E-state index in [2.05, 4.69) is 0 Å². The average molecular weight is 250 g/mol. The van der Waals surface area contributed by atoms with Crippen LogP contribution in [0.15, 0.2) is 30.3 Å². The smallest absolute Gasteiger partial charge is 0.313 e. The van der Waals surface area contributed by atoms with Crippen LogP contribution >= 0.6 is 0 Å². The van der Waals surface area contributed by atoms with Crippen LogP contribution in [0.2, 0.25) is 0 Å². The first-order valence-corrected chi connectivity index (χ1v) is 5.88. The number of ether oxygens (including phenoxy) is 2. The molecule has 0 amide bonds. The van der Waals surface area contributed by atoms with Crippen molar-refractivity contribution in [1.82, 2.24) is 0 Å². The summed E-state index contributed by atoms with van der Waals surface area (Å²) < 4.78 is 10.4. The van der Waals surface area contributed by atoms with E-state index in [9.17, 15) is 9.59 Å². The van der Waals surface area contributed by atoms with E-state index in [4.69, 9.17) is 9.47 Å². The topological polar surface area (TPSA) is 52.6 Å². The molecule has 0 aliphatic heterocycles. The summed E-state index contributed by atoms with van der Waals surface area (Å²) in [5.74, 6) is -0.698. The predicted octanol–water partition coefficient (Wildman–Crippen LogP) is 2.11. The summed E-state index contributed by atoms with van der Waals surface area (Å²) in [4.78, 5) is 21.9. The second kappa shape index (κ2) is 7.61. The van der Waals surface area contributed by atoms with Crippen molar-refractivity contribution in [2.75, 3.05) is 6.61 Å². The van der Waals surface area contributed by atoms with Crippen LogP contribution in [0.25, 0.3) is 0 Å². The Kier molecular flexibility index (Phi) is 6.08. The zero-order chi connectivity index (χ0) is 13.4. The number of hydrogen-bond acceptors (Lipinski definition) is 4. The Morgan fingerprint density at radius 2 is 1.89 bits per heavy atom. The highest BCUT2D eigenvalue weighted by Crippen LogP contribution is 2.02. The van der Waals surface area contributed by atoms with Crippen LogP contribution in [0.5, 0.6) is 0 Å². The predicted molar refractivity (Wildman–Crippen MR) is 67.0 cm³/mol. The normalized spacial score (nSPS) is 11.9. The first-order chi connectivity index (χ1) is 8.58. The zero-order valence-corrected chi connectivity index (χ0v) is 10.7. The molecule has 0 N–H and O–H groups in total. The third-order valence-corrected chi connectivity index (χ3v) is 2.19. The minimum atomic E-state index is -0.502. The molecule has 0 saturated carbocycles. The molecule has 0 fully saturated rings. The van der Waals surface area contributed by atoms with Crippen molar-refractivity contribution >= 4 is 11.8 Å². The van der Waals surface area contributed by atoms with E-state index in [1.165, 1.54) is 6.92 Å². The summed E-state index contributed by atoms with van der Waals surface area (Å²) >= 11 is 0. The van der Waals surface area contributed by atoms with Crippen LogP contribution in [0.1, 0.15) is 25.8 Å². The van der Waals surface area contributed by atoms with Gasteiger partial charge in [-0.2, -0.15) is 0 Å². The summed E-state index contributed by atoms with van der Waals surface area (Å²) in [5, 5.41) is 0. The highest BCUT2D eigenvalue weighted by molar-refractivity contribution is 5.94. The molecule has 1 atom stereocenters. The van der Waals surface area contributed by atoms with Gasteiger partial charge in [-0.15, -0.1) is 0 Å². The van der Waals surface area contributed by atoms with Gasteiger partial charge in [0.25, 0.3) is 0 Å². The Labute approximate surface area is 107 Å². The summed E-state index contributed by atoms with van der Waals surface area (Å²) in [7, 11) is 0. The molecule has 1 rings (SSSR count). The van der Waals surface area contributed by atoms with Crippen molar-refractivity contribution < 1.29 is 19.1 Å². The molecule has 0 aromatic heterocycles. The van der Waals surface area contributed by atoms with E-state index in [1.54, 1.807) is 6.92 Å². The van der Waals surface area contributed by atoms with Crippen LogP contribution in [0, 0.1) is 0 Å². The van der Waals surface area contributed by atoms with Gasteiger partial charge in [-0.05, 0) is 19.4 Å². The van der Waals surface area contributed by atoms with Crippen molar-refractivity contribution in [1.29, 1.82) is 0 Å². The number of esters is 1. The third-order valence-electron chi connectivity index (χ3n) is 2.19. The Bertz CT molecular complexity index is 386. The van der Waals surface area contributed by atoms with E-state index in [0.717, 1.165) is 5.56 Å². The minimum absolute atomic E-state index is 0.178. The summed E-state index contributed by atoms with van der Waals surface area (Å²) in [6.07, 6.45) is -0.524. The highest BCUT2D eigenvalue weighted by Gasteiger charge is 2.11. The maximum atomic E-state index is 11.2. The first kappa shape index (κ1) is 14.4. The molecule has 0 saturated heterocycles. The van der Waals surface area contributed by atoms with Crippen LogP contribution in [-0.2, 0) is 25.7 Å². The largest absolute Gasteiger partial charge is 0.460 e. The van der Waals surface area contributed by atoms with E-state index >= 15 is 0 Å². The molecule has 1 unspecified atom stereocenters. The molecule has 0 aliphatic rings. The van der Waals surface area contributed by atoms with Gasteiger partial charge in [-0.1, -0.05) is 30.3 Å². The summed E-state index contributed by atoms with van der Waals surface area (Å²) in [6, 6.07) is 9.75. The molecule has 0 radical (unpaired) electrons. The molecule has 0 heterocycles. The SMILES string of the molecule is CC(=O)CC(=O)OC(C)COCc1ccccc1. The molecule has 98 valence electrons. The van der Waals surface area contributed by atoms with Crippen LogP contribution in [-0.4, -0.2) is 24.5 Å². The molecule has 4 nitrogen and oxygen atoms in total. The van der Waals surface area contributed by atoms with Gasteiger partial charge in [0.15, 0.2) is 0 Å². The van der Waals surface area contributed by atoms with Gasteiger partial charge >= 0.3 is 5.97 Å². The Balaban J connectivity index is 2.19. The Hall–Kier alpha value is -1.68. The molecule has 1 aromatic carbocycles. The molecule has 0 spiro atoms. The molecule has 0 bridgehead atoms. The molecule has 4 heteroatoms. The van der Waals surface area contributed by atoms with Gasteiger partial charge in [0, 0.05) is 0 Å². The van der Waals surface area contributed by atoms with Crippen LogP contribution < -0.4 is 0 Å². The Morgan fingerprint density at radius 3 is 2.50 bits per heavy atom. The van der Waals surface area contributed by atoms with Gasteiger partial charge in [0.2, 0.25) is 0 Å². The quantitative estimate of drug-likeness (QED) is 0.549. The number of benzene rings is 1. The van der Waals surface area contributed by atoms with Crippen LogP contribution in [0.3, 0.4) is 0 Å². The second-order valence-electron chi connectivity index (χ2n) is 4.18. The summed E-state index contributed by atoms with van der Waals surface area (Å²) in [5.41, 5.74) is 1.07. The molecular formula is C14H18O4. The van der Waals surface area contributed by atoms with E-state index in [0.29, 0.717) is 13.2 Å². The van der Waals surface area contributed by atoms with E-state index in [1.807, 2.05) is 30.3 Å². The zero-order valence-electron chi connectivity index (χ0n) is 10.7. The lowest BCUT2D eigenvalue weighted by Crippen LogP contribution is -2.21. The fourth-order valence-electron chi connectivity index (χ4n) is 1.42. The van der Waals surface area contributed by atoms with Crippen LogP contribution in [0.4, 0.5) is 0 Å². The van der Waals surface area contributed by atoms with Crippen molar-refractivity contribution in [3.8, 4) is 0 Å². The van der Waals surface area contributed by atoms with Crippen molar-refractivity contribution in [3.05, 3.63) is 35.9 Å². The van der Waals surface area contributed by atoms with E-state index in [-0.39, 0.29) is 18.3 Å². The summed E-state index contributed by atoms with van der Waals surface area (Å²) in [6.45, 7) is 3.90. The number of carbonyl (C=O) groups excluding carboxylic acids is 2. The molecule has 18 heavy (non-hydrogen) atoms. The van der Waals surface area contributed by atoms with Crippen molar-refractivity contribution in [2.45, 2.75) is 33.0 Å². The second-order valence-corrected chi connectivity index (χ2v) is 4.18. The highest BCUT2D eigenvalue weighted by atomic mass is 16.6. The monoisotopic (exact) mass is 250 g/mol. The average Bonchev–Trinajstić information content (AvgIpc) is 2.29. The van der Waals surface area contributed by atoms with Gasteiger partial charge in [0.05, 0.1) is 13.2 Å². The fourth-order valence-corrected chi connectivity index (χ4v) is 1.42. The number of rotatable bonds is 7. The number of ketones is 1. The molecule has 1 aromatic rings. The lowest BCUT2D eigenvalue weighted by atomic mass is 10.2. The molecule has 0 aliphatic carbocycles. The third kappa shape index (κ3) is 6.15. The Morgan fingerprint density at radius 1 is 1.22 bits per heavy atom. The molecular weight excluding hydrogens is 232 g/mol. The maximum absolute atomic E-state index is 11.2. The van der Waals surface area contributed by atoms with Crippen molar-refractivity contribution in [3.63, 3.8) is 0 Å². The maximum Gasteiger partial charge on any atom is 0.313 e. The lowest BCUT2D eigenvalue weighted by molar-refractivity contribution is -0.152. The van der Waals surface area contributed by atoms with Crippen molar-refractivity contribution in [2.24, 2.45) is 0 Å². The van der Waals surface area contributed by atoms with E-state index < -0.39 is 5.97 Å². The van der Waals surface area contributed by atoms with Gasteiger partial charge in [0.1, 0.15) is 18.3 Å². The van der Waals surface area contributed by atoms with Gasteiger partial charge in [-0.25, -0.2) is 0 Å². The number of Topliss-reactive ketones (excluding diaryl/α,β-unsaturated/α-hetero) is 1. The first-order valence-electron chi connectivity index (χ1n) is 5.88. The lowest BCUT2D eigenvalue weighted by Gasteiger charge is -2.13. The number of carbonyl (C=O) groups is 2.